The Kier molecular flexibility index (Phi) is 5.53. The van der Waals surface area contributed by atoms with Crippen LogP contribution in [0, 0.1) is 5.92 Å². The molecule has 0 bridgehead atoms. The maximum absolute atomic E-state index is 10.8. The second kappa shape index (κ2) is 6.69. The van der Waals surface area contributed by atoms with E-state index in [4.69, 9.17) is 9.47 Å². The fourth-order valence-corrected chi connectivity index (χ4v) is 1.89. The molecule has 0 fully saturated rings. The minimum Gasteiger partial charge on any atom is -0.460 e. The molecule has 0 aliphatic heterocycles. The number of carbonyl (C=O) groups is 1. The van der Waals surface area contributed by atoms with Crippen LogP contribution in [0.15, 0.2) is 12.2 Å². The van der Waals surface area contributed by atoms with Crippen molar-refractivity contribution in [1.29, 1.82) is 0 Å². The van der Waals surface area contributed by atoms with Gasteiger partial charge in [-0.2, -0.15) is 0 Å². The largest absolute Gasteiger partial charge is 0.460 e. The maximum Gasteiger partial charge on any atom is 0.302 e. The van der Waals surface area contributed by atoms with Crippen LogP contribution in [0.4, 0.5) is 0 Å². The van der Waals surface area contributed by atoms with Crippen LogP contribution in [0.3, 0.4) is 0 Å². The highest BCUT2D eigenvalue weighted by Crippen LogP contribution is 2.21. The lowest BCUT2D eigenvalue weighted by atomic mass is 9.94. The molecule has 0 spiro atoms. The zero-order chi connectivity index (χ0) is 12.0. The summed E-state index contributed by atoms with van der Waals surface area (Å²) in [7, 11) is 0. The molecule has 0 saturated heterocycles. The van der Waals surface area contributed by atoms with Gasteiger partial charge in [0, 0.05) is 12.8 Å². The lowest BCUT2D eigenvalue weighted by Crippen LogP contribution is -2.29. The Labute approximate surface area is 97.8 Å². The second-order valence-corrected chi connectivity index (χ2v) is 4.38. The predicted molar refractivity (Wildman–Crippen MR) is 63.1 cm³/mol. The molecule has 3 unspecified atom stereocenters. The zero-order valence-corrected chi connectivity index (χ0v) is 10.4. The average Bonchev–Trinajstić information content (AvgIpc) is 2.25. The van der Waals surface area contributed by atoms with E-state index in [1.165, 1.54) is 6.92 Å². The molecule has 0 aromatic heterocycles. The first-order valence-electron chi connectivity index (χ1n) is 6.09. The molecule has 1 rings (SSSR count). The summed E-state index contributed by atoms with van der Waals surface area (Å²) in [6.07, 6.45) is 7.52. The predicted octanol–water partition coefficient (Wildman–Crippen LogP) is 2.70. The van der Waals surface area contributed by atoms with Crippen LogP contribution in [0.2, 0.25) is 0 Å². The van der Waals surface area contributed by atoms with Gasteiger partial charge in [0.25, 0.3) is 0 Å². The summed E-state index contributed by atoms with van der Waals surface area (Å²) in [5.41, 5.74) is 0. The van der Waals surface area contributed by atoms with Crippen molar-refractivity contribution in [3.8, 4) is 0 Å². The van der Waals surface area contributed by atoms with Crippen LogP contribution < -0.4 is 0 Å². The molecule has 0 heterocycles. The Morgan fingerprint density at radius 2 is 2.31 bits per heavy atom. The Balaban J connectivity index is 2.31. The number of ether oxygens (including phenoxy) is 2. The van der Waals surface area contributed by atoms with Gasteiger partial charge >= 0.3 is 5.97 Å². The Morgan fingerprint density at radius 1 is 1.56 bits per heavy atom. The average molecular weight is 226 g/mol. The summed E-state index contributed by atoms with van der Waals surface area (Å²) in [5, 5.41) is 0. The summed E-state index contributed by atoms with van der Waals surface area (Å²) in [4.78, 5) is 10.8. The molecule has 0 saturated carbocycles. The van der Waals surface area contributed by atoms with Gasteiger partial charge in [-0.3, -0.25) is 4.79 Å². The Hall–Kier alpha value is -0.830. The molecule has 92 valence electrons. The van der Waals surface area contributed by atoms with Crippen LogP contribution in [-0.2, 0) is 14.3 Å². The molecule has 0 radical (unpaired) electrons. The van der Waals surface area contributed by atoms with Gasteiger partial charge in [0.1, 0.15) is 6.10 Å². The first kappa shape index (κ1) is 13.2. The van der Waals surface area contributed by atoms with Gasteiger partial charge in [0.15, 0.2) is 0 Å². The number of carbonyl (C=O) groups excluding carboxylic acids is 1. The van der Waals surface area contributed by atoms with Gasteiger partial charge < -0.3 is 9.47 Å². The molecule has 3 heteroatoms. The number of allylic oxidation sites excluding steroid dienone is 1. The van der Waals surface area contributed by atoms with Crippen molar-refractivity contribution >= 4 is 5.97 Å². The smallest absolute Gasteiger partial charge is 0.302 e. The number of esters is 1. The second-order valence-electron chi connectivity index (χ2n) is 4.38. The fraction of sp³-hybridized carbons (Fsp3) is 0.769. The van der Waals surface area contributed by atoms with E-state index in [1.807, 2.05) is 6.92 Å². The van der Waals surface area contributed by atoms with E-state index in [9.17, 15) is 4.79 Å². The maximum atomic E-state index is 10.8. The summed E-state index contributed by atoms with van der Waals surface area (Å²) >= 11 is 0. The molecular weight excluding hydrogens is 204 g/mol. The highest BCUT2D eigenvalue weighted by Gasteiger charge is 2.20. The van der Waals surface area contributed by atoms with Crippen molar-refractivity contribution in [1.82, 2.24) is 0 Å². The van der Waals surface area contributed by atoms with E-state index in [-0.39, 0.29) is 18.2 Å². The lowest BCUT2D eigenvalue weighted by Gasteiger charge is -2.26. The molecule has 0 aromatic rings. The van der Waals surface area contributed by atoms with Gasteiger partial charge in [-0.1, -0.05) is 26.0 Å². The first-order chi connectivity index (χ1) is 7.63. The van der Waals surface area contributed by atoms with Crippen LogP contribution in [-0.4, -0.2) is 24.8 Å². The van der Waals surface area contributed by atoms with Crippen molar-refractivity contribution < 1.29 is 14.3 Å². The molecule has 3 nitrogen and oxygen atoms in total. The van der Waals surface area contributed by atoms with Crippen LogP contribution >= 0.6 is 0 Å². The Bertz CT molecular complexity index is 248. The highest BCUT2D eigenvalue weighted by molar-refractivity contribution is 5.66. The summed E-state index contributed by atoms with van der Waals surface area (Å²) in [6, 6.07) is 0. The summed E-state index contributed by atoms with van der Waals surface area (Å²) in [5.74, 6) is 0.232. The molecule has 0 aromatic carbocycles. The van der Waals surface area contributed by atoms with Gasteiger partial charge in [-0.05, 0) is 19.3 Å². The number of rotatable bonds is 5. The first-order valence-corrected chi connectivity index (χ1v) is 6.09. The van der Waals surface area contributed by atoms with E-state index < -0.39 is 0 Å². The third kappa shape index (κ3) is 4.35. The monoisotopic (exact) mass is 226 g/mol. The molecule has 3 atom stereocenters. The third-order valence-electron chi connectivity index (χ3n) is 2.93. The molecule has 0 amide bonds. The standard InChI is InChI=1S/C13H22O3/c1-4-12(16-11(3)14)9-15-13-8-6-5-7-10(13)2/h5,7,10,12-13H,4,6,8-9H2,1-3H3. The van der Waals surface area contributed by atoms with E-state index >= 15 is 0 Å². The SMILES string of the molecule is CCC(COC1CCC=CC1C)OC(C)=O. The third-order valence-corrected chi connectivity index (χ3v) is 2.93. The van der Waals surface area contributed by atoms with E-state index in [2.05, 4.69) is 19.1 Å². The zero-order valence-electron chi connectivity index (χ0n) is 10.4. The molecular formula is C13H22O3. The van der Waals surface area contributed by atoms with E-state index in [0.717, 1.165) is 19.3 Å². The number of hydrogen-bond acceptors (Lipinski definition) is 3. The molecule has 16 heavy (non-hydrogen) atoms. The molecule has 1 aliphatic rings. The van der Waals surface area contributed by atoms with Gasteiger partial charge in [0.05, 0.1) is 12.7 Å². The molecule has 0 N–H and O–H groups in total. The van der Waals surface area contributed by atoms with Crippen LogP contribution in [0.25, 0.3) is 0 Å². The fourth-order valence-electron chi connectivity index (χ4n) is 1.89. The van der Waals surface area contributed by atoms with Crippen molar-refractivity contribution in [2.24, 2.45) is 5.92 Å². The van der Waals surface area contributed by atoms with Crippen molar-refractivity contribution in [2.75, 3.05) is 6.61 Å². The topological polar surface area (TPSA) is 35.5 Å². The van der Waals surface area contributed by atoms with E-state index in [0.29, 0.717) is 12.5 Å². The van der Waals surface area contributed by atoms with Gasteiger partial charge in [-0.15, -0.1) is 0 Å². The van der Waals surface area contributed by atoms with Crippen molar-refractivity contribution in [3.63, 3.8) is 0 Å². The van der Waals surface area contributed by atoms with Gasteiger partial charge in [0.2, 0.25) is 0 Å². The van der Waals surface area contributed by atoms with Crippen molar-refractivity contribution in [2.45, 2.75) is 52.2 Å². The van der Waals surface area contributed by atoms with E-state index in [1.54, 1.807) is 0 Å². The Morgan fingerprint density at radius 3 is 2.88 bits per heavy atom. The lowest BCUT2D eigenvalue weighted by molar-refractivity contribution is -0.151. The minimum atomic E-state index is -0.230. The van der Waals surface area contributed by atoms with Crippen LogP contribution in [0.5, 0.6) is 0 Å². The quantitative estimate of drug-likeness (QED) is 0.534. The number of hydrogen-bond donors (Lipinski definition) is 0. The molecule has 1 aliphatic carbocycles. The summed E-state index contributed by atoms with van der Waals surface area (Å²) in [6.45, 7) is 6.11. The highest BCUT2D eigenvalue weighted by atomic mass is 16.6. The summed E-state index contributed by atoms with van der Waals surface area (Å²) < 4.78 is 11.0. The van der Waals surface area contributed by atoms with Crippen molar-refractivity contribution in [3.05, 3.63) is 12.2 Å². The van der Waals surface area contributed by atoms with Gasteiger partial charge in [-0.25, -0.2) is 0 Å². The minimum absolute atomic E-state index is 0.101. The van der Waals surface area contributed by atoms with Crippen LogP contribution in [0.1, 0.15) is 40.0 Å². The normalized spacial score (nSPS) is 26.4.